The highest BCUT2D eigenvalue weighted by Gasteiger charge is 2.13. The normalized spacial score (nSPS) is 11.1. The molecule has 0 fully saturated rings. The second kappa shape index (κ2) is 12.6. The van der Waals surface area contributed by atoms with Crippen molar-refractivity contribution in [2.45, 2.75) is 53.0 Å². The molecule has 0 unspecified atom stereocenters. The Morgan fingerprint density at radius 1 is 1.11 bits per heavy atom. The summed E-state index contributed by atoms with van der Waals surface area (Å²) in [4.78, 5) is 4.69. The Morgan fingerprint density at radius 2 is 1.85 bits per heavy atom. The van der Waals surface area contributed by atoms with Gasteiger partial charge in [0.15, 0.2) is 5.96 Å². The second-order valence-corrected chi connectivity index (χ2v) is 6.13. The van der Waals surface area contributed by atoms with Crippen molar-refractivity contribution in [2.24, 2.45) is 4.99 Å². The molecular formula is C20H31IN4O2. The zero-order valence-corrected chi connectivity index (χ0v) is 18.7. The van der Waals surface area contributed by atoms with Crippen molar-refractivity contribution in [3.63, 3.8) is 0 Å². The maximum absolute atomic E-state index is 9.32. The molecule has 0 spiro atoms. The maximum Gasteiger partial charge on any atom is 0.191 e. The van der Waals surface area contributed by atoms with Gasteiger partial charge in [0.1, 0.15) is 11.5 Å². The van der Waals surface area contributed by atoms with Gasteiger partial charge in [-0.25, -0.2) is 4.99 Å². The third-order valence-electron chi connectivity index (χ3n) is 4.22. The molecule has 1 aromatic heterocycles. The van der Waals surface area contributed by atoms with E-state index in [9.17, 15) is 5.11 Å². The van der Waals surface area contributed by atoms with E-state index in [0.29, 0.717) is 12.3 Å². The van der Waals surface area contributed by atoms with Crippen molar-refractivity contribution in [3.05, 3.63) is 46.8 Å². The molecule has 1 aromatic carbocycles. The van der Waals surface area contributed by atoms with Gasteiger partial charge in [-0.3, -0.25) is 0 Å². The van der Waals surface area contributed by atoms with E-state index in [0.717, 1.165) is 61.7 Å². The Bertz CT molecular complexity index is 677. The lowest BCUT2D eigenvalue weighted by Gasteiger charge is -2.11. The molecular weight excluding hydrogens is 455 g/mol. The number of hydrogen-bond acceptors (Lipinski definition) is 4. The second-order valence-electron chi connectivity index (χ2n) is 6.13. The summed E-state index contributed by atoms with van der Waals surface area (Å²) in [7, 11) is 0. The van der Waals surface area contributed by atoms with Gasteiger partial charge < -0.3 is 20.3 Å². The maximum atomic E-state index is 9.32. The number of nitrogens with one attached hydrogen (secondary N) is 2. The molecule has 27 heavy (non-hydrogen) atoms. The molecule has 150 valence electrons. The van der Waals surface area contributed by atoms with Crippen LogP contribution in [0.4, 0.5) is 0 Å². The molecule has 2 aromatic rings. The Balaban J connectivity index is 0.00000364. The standard InChI is InChI=1S/C20H30N4O2.HI/c1-4-18-17(19(5-2)26-24-18)14-23-20(21-6-3)22-13-7-8-15-9-11-16(25)12-10-15;/h9-12,25H,4-8,13-14H2,1-3H3,(H2,21,22,23);1H. The Hall–Kier alpha value is -1.77. The highest BCUT2D eigenvalue weighted by molar-refractivity contribution is 14.0. The van der Waals surface area contributed by atoms with Crippen LogP contribution in [-0.4, -0.2) is 29.3 Å². The molecule has 0 aliphatic rings. The molecule has 0 aliphatic carbocycles. The van der Waals surface area contributed by atoms with Crippen molar-refractivity contribution in [1.82, 2.24) is 15.8 Å². The van der Waals surface area contributed by atoms with E-state index in [4.69, 9.17) is 9.52 Å². The van der Waals surface area contributed by atoms with E-state index >= 15 is 0 Å². The van der Waals surface area contributed by atoms with E-state index in [1.54, 1.807) is 12.1 Å². The summed E-state index contributed by atoms with van der Waals surface area (Å²) in [6.07, 6.45) is 3.63. The number of rotatable bonds is 9. The van der Waals surface area contributed by atoms with Crippen molar-refractivity contribution >= 4 is 29.9 Å². The van der Waals surface area contributed by atoms with E-state index in [-0.39, 0.29) is 24.0 Å². The summed E-state index contributed by atoms with van der Waals surface area (Å²) in [5.41, 5.74) is 3.32. The lowest BCUT2D eigenvalue weighted by atomic mass is 10.1. The van der Waals surface area contributed by atoms with Crippen LogP contribution < -0.4 is 10.6 Å². The van der Waals surface area contributed by atoms with Crippen molar-refractivity contribution in [3.8, 4) is 5.75 Å². The largest absolute Gasteiger partial charge is 0.508 e. The molecule has 1 heterocycles. The highest BCUT2D eigenvalue weighted by atomic mass is 127. The number of halogens is 1. The fraction of sp³-hybridized carbons (Fsp3) is 0.500. The zero-order valence-electron chi connectivity index (χ0n) is 16.4. The summed E-state index contributed by atoms with van der Waals surface area (Å²) in [6, 6.07) is 7.37. The van der Waals surface area contributed by atoms with Gasteiger partial charge in [-0.1, -0.05) is 31.1 Å². The lowest BCUT2D eigenvalue weighted by Crippen LogP contribution is -2.37. The van der Waals surface area contributed by atoms with E-state index in [2.05, 4.69) is 36.6 Å². The number of aromatic hydroxyl groups is 1. The minimum atomic E-state index is 0. The van der Waals surface area contributed by atoms with Crippen LogP contribution in [-0.2, 0) is 25.8 Å². The Kier molecular flexibility index (Phi) is 10.8. The smallest absolute Gasteiger partial charge is 0.191 e. The Morgan fingerprint density at radius 3 is 2.48 bits per heavy atom. The minimum absolute atomic E-state index is 0. The van der Waals surface area contributed by atoms with E-state index in [1.165, 1.54) is 5.56 Å². The van der Waals surface area contributed by atoms with Crippen LogP contribution in [0.1, 0.15) is 49.8 Å². The number of aromatic nitrogens is 1. The SMILES string of the molecule is CCNC(=NCc1c(CC)noc1CC)NCCCc1ccc(O)cc1.I. The molecule has 7 heteroatoms. The van der Waals surface area contributed by atoms with Crippen LogP contribution in [0.2, 0.25) is 0 Å². The third-order valence-corrected chi connectivity index (χ3v) is 4.22. The fourth-order valence-corrected chi connectivity index (χ4v) is 2.78. The predicted octanol–water partition coefficient (Wildman–Crippen LogP) is 3.81. The number of hydrogen-bond donors (Lipinski definition) is 3. The number of phenolic OH excluding ortho intramolecular Hbond substituents is 1. The first-order valence-electron chi connectivity index (χ1n) is 9.44. The average Bonchev–Trinajstić information content (AvgIpc) is 3.06. The summed E-state index contributed by atoms with van der Waals surface area (Å²) < 4.78 is 5.41. The third kappa shape index (κ3) is 7.40. The van der Waals surface area contributed by atoms with Gasteiger partial charge in [-0.05, 0) is 43.9 Å². The van der Waals surface area contributed by atoms with Crippen LogP contribution in [0.25, 0.3) is 0 Å². The minimum Gasteiger partial charge on any atom is -0.508 e. The first-order valence-corrected chi connectivity index (χ1v) is 9.44. The van der Waals surface area contributed by atoms with Crippen LogP contribution in [0, 0.1) is 0 Å². The van der Waals surface area contributed by atoms with Gasteiger partial charge in [0, 0.05) is 25.1 Å². The first-order chi connectivity index (χ1) is 12.7. The van der Waals surface area contributed by atoms with Crippen molar-refractivity contribution in [2.75, 3.05) is 13.1 Å². The van der Waals surface area contributed by atoms with Crippen LogP contribution in [0.3, 0.4) is 0 Å². The topological polar surface area (TPSA) is 82.7 Å². The molecule has 0 saturated carbocycles. The van der Waals surface area contributed by atoms with Gasteiger partial charge >= 0.3 is 0 Å². The van der Waals surface area contributed by atoms with Crippen molar-refractivity contribution in [1.29, 1.82) is 0 Å². The van der Waals surface area contributed by atoms with Gasteiger partial charge in [-0.15, -0.1) is 24.0 Å². The zero-order chi connectivity index (χ0) is 18.8. The van der Waals surface area contributed by atoms with Crippen LogP contribution in [0.15, 0.2) is 33.8 Å². The number of benzene rings is 1. The van der Waals surface area contributed by atoms with Crippen molar-refractivity contribution < 1.29 is 9.63 Å². The van der Waals surface area contributed by atoms with Gasteiger partial charge in [0.25, 0.3) is 0 Å². The number of guanidine groups is 1. The Labute approximate surface area is 178 Å². The summed E-state index contributed by atoms with van der Waals surface area (Å²) in [5, 5.41) is 20.1. The number of phenols is 1. The molecule has 0 saturated heterocycles. The quantitative estimate of drug-likeness (QED) is 0.217. The predicted molar refractivity (Wildman–Crippen MR) is 120 cm³/mol. The fourth-order valence-electron chi connectivity index (χ4n) is 2.78. The molecule has 6 nitrogen and oxygen atoms in total. The van der Waals surface area contributed by atoms with E-state index < -0.39 is 0 Å². The average molecular weight is 486 g/mol. The van der Waals surface area contributed by atoms with Crippen LogP contribution >= 0.6 is 24.0 Å². The molecule has 0 bridgehead atoms. The summed E-state index contributed by atoms with van der Waals surface area (Å²) in [6.45, 7) is 8.43. The lowest BCUT2D eigenvalue weighted by molar-refractivity contribution is 0.380. The van der Waals surface area contributed by atoms with Crippen LogP contribution in [0.5, 0.6) is 5.75 Å². The summed E-state index contributed by atoms with van der Waals surface area (Å²) in [5.74, 6) is 2.04. The van der Waals surface area contributed by atoms with E-state index in [1.807, 2.05) is 12.1 Å². The molecule has 0 atom stereocenters. The number of aliphatic imine (C=N–C) groups is 1. The number of nitrogens with zero attached hydrogens (tertiary/aromatic N) is 2. The van der Waals surface area contributed by atoms with Gasteiger partial charge in [-0.2, -0.15) is 0 Å². The molecule has 0 aliphatic heterocycles. The summed E-state index contributed by atoms with van der Waals surface area (Å²) >= 11 is 0. The number of aryl methyl sites for hydroxylation is 3. The molecule has 3 N–H and O–H groups in total. The highest BCUT2D eigenvalue weighted by Crippen LogP contribution is 2.16. The van der Waals surface area contributed by atoms with Gasteiger partial charge in [0.2, 0.25) is 0 Å². The first kappa shape index (κ1) is 23.3. The molecule has 0 radical (unpaired) electrons. The molecule has 0 amide bonds. The monoisotopic (exact) mass is 486 g/mol. The van der Waals surface area contributed by atoms with Gasteiger partial charge in [0.05, 0.1) is 12.2 Å². The molecule has 2 rings (SSSR count).